The zero-order valence-corrected chi connectivity index (χ0v) is 8.87. The minimum absolute atomic E-state index is 0.166. The molecule has 0 aliphatic rings. The summed E-state index contributed by atoms with van der Waals surface area (Å²) >= 11 is 0. The molecule has 3 N–H and O–H groups in total. The van der Waals surface area contributed by atoms with Gasteiger partial charge in [-0.15, -0.1) is 0 Å². The number of nitrogens with two attached hydrogens (primary N) is 1. The smallest absolute Gasteiger partial charge is 0.128 e. The molecule has 0 saturated carbocycles. The largest absolute Gasteiger partial charge is 0.398 e. The molecule has 0 radical (unpaired) electrons. The first-order valence-corrected chi connectivity index (χ1v) is 4.62. The third-order valence-corrected chi connectivity index (χ3v) is 2.12. The van der Waals surface area contributed by atoms with Crippen LogP contribution in [0.25, 0.3) is 0 Å². The van der Waals surface area contributed by atoms with Crippen LogP contribution >= 0.6 is 0 Å². The molecule has 0 saturated heterocycles. The number of nitrogens with zero attached hydrogens (tertiary/aromatic N) is 1. The number of hydrogen-bond donors (Lipinski definition) is 2. The highest BCUT2D eigenvalue weighted by Gasteiger charge is 2.01. The number of nitrogen functional groups attached to an aromatic ring is 1. The van der Waals surface area contributed by atoms with E-state index in [4.69, 9.17) is 10.5 Å². The lowest BCUT2D eigenvalue weighted by atomic mass is 10.2. The molecular weight excluding hydrogens is 178 g/mol. The Morgan fingerprint density at radius 1 is 1.64 bits per heavy atom. The third kappa shape index (κ3) is 2.88. The van der Waals surface area contributed by atoms with Crippen LogP contribution in [-0.2, 0) is 4.74 Å². The summed E-state index contributed by atoms with van der Waals surface area (Å²) < 4.78 is 5.10. The van der Waals surface area contributed by atoms with E-state index in [0.29, 0.717) is 0 Å². The number of anilines is 2. The van der Waals surface area contributed by atoms with E-state index >= 15 is 0 Å². The molecule has 4 nitrogen and oxygen atoms in total. The molecule has 78 valence electrons. The van der Waals surface area contributed by atoms with Crippen molar-refractivity contribution in [3.05, 3.63) is 17.8 Å². The van der Waals surface area contributed by atoms with Crippen LogP contribution in [0.2, 0.25) is 0 Å². The van der Waals surface area contributed by atoms with Crippen LogP contribution in [-0.4, -0.2) is 24.7 Å². The van der Waals surface area contributed by atoms with E-state index in [1.165, 1.54) is 0 Å². The van der Waals surface area contributed by atoms with Gasteiger partial charge in [0.15, 0.2) is 0 Å². The van der Waals surface area contributed by atoms with E-state index in [1.807, 2.05) is 19.9 Å². The van der Waals surface area contributed by atoms with Crippen molar-refractivity contribution >= 4 is 11.5 Å². The number of aromatic nitrogens is 1. The number of pyridine rings is 1. The summed E-state index contributed by atoms with van der Waals surface area (Å²) in [5.74, 6) is 0.789. The van der Waals surface area contributed by atoms with Gasteiger partial charge in [-0.2, -0.15) is 0 Å². The minimum Gasteiger partial charge on any atom is -0.398 e. The van der Waals surface area contributed by atoms with Crippen molar-refractivity contribution in [3.8, 4) is 0 Å². The second-order valence-electron chi connectivity index (χ2n) is 3.35. The molecule has 1 aromatic heterocycles. The molecule has 14 heavy (non-hydrogen) atoms. The fourth-order valence-corrected chi connectivity index (χ4v) is 0.968. The molecule has 0 spiro atoms. The molecule has 1 unspecified atom stereocenters. The average molecular weight is 195 g/mol. The maximum atomic E-state index is 5.75. The Morgan fingerprint density at radius 3 is 2.93 bits per heavy atom. The van der Waals surface area contributed by atoms with Crippen LogP contribution in [0.5, 0.6) is 0 Å². The van der Waals surface area contributed by atoms with E-state index < -0.39 is 0 Å². The van der Waals surface area contributed by atoms with Crippen molar-refractivity contribution < 1.29 is 4.74 Å². The molecular formula is C10H17N3O. The lowest BCUT2D eigenvalue weighted by Crippen LogP contribution is -2.18. The van der Waals surface area contributed by atoms with Crippen LogP contribution in [0.4, 0.5) is 11.5 Å². The monoisotopic (exact) mass is 195 g/mol. The fourth-order valence-electron chi connectivity index (χ4n) is 0.968. The van der Waals surface area contributed by atoms with Crippen LogP contribution in [0.3, 0.4) is 0 Å². The first kappa shape index (κ1) is 10.8. The zero-order valence-electron chi connectivity index (χ0n) is 8.87. The summed E-state index contributed by atoms with van der Waals surface area (Å²) in [6.07, 6.45) is 1.93. The molecule has 4 heteroatoms. The standard InChI is InChI=1S/C10H17N3O/c1-7-5-12-10(4-9(7)11)13-6-8(2)14-3/h4-5,8H,6H2,1-3H3,(H3,11,12,13). The minimum atomic E-state index is 0.166. The van der Waals surface area contributed by atoms with Gasteiger partial charge < -0.3 is 15.8 Å². The van der Waals surface area contributed by atoms with E-state index in [0.717, 1.165) is 23.6 Å². The van der Waals surface area contributed by atoms with Gasteiger partial charge in [-0.05, 0) is 19.4 Å². The second-order valence-corrected chi connectivity index (χ2v) is 3.35. The summed E-state index contributed by atoms with van der Waals surface area (Å²) in [5.41, 5.74) is 7.50. The van der Waals surface area contributed by atoms with Crippen molar-refractivity contribution in [2.45, 2.75) is 20.0 Å². The van der Waals surface area contributed by atoms with Crippen LogP contribution < -0.4 is 11.1 Å². The van der Waals surface area contributed by atoms with Crippen LogP contribution in [0.1, 0.15) is 12.5 Å². The molecule has 0 bridgehead atoms. The molecule has 0 amide bonds. The number of aryl methyl sites for hydroxylation is 1. The lowest BCUT2D eigenvalue weighted by Gasteiger charge is -2.11. The zero-order chi connectivity index (χ0) is 10.6. The average Bonchev–Trinajstić information content (AvgIpc) is 2.19. The van der Waals surface area contributed by atoms with E-state index in [-0.39, 0.29) is 6.10 Å². The Morgan fingerprint density at radius 2 is 2.36 bits per heavy atom. The first-order valence-electron chi connectivity index (χ1n) is 4.62. The maximum absolute atomic E-state index is 5.75. The van der Waals surface area contributed by atoms with Gasteiger partial charge in [-0.1, -0.05) is 0 Å². The number of nitrogens with one attached hydrogen (secondary N) is 1. The van der Waals surface area contributed by atoms with Gasteiger partial charge in [-0.3, -0.25) is 0 Å². The highest BCUT2D eigenvalue weighted by molar-refractivity contribution is 5.53. The summed E-state index contributed by atoms with van der Waals surface area (Å²) in [6.45, 7) is 4.65. The number of ether oxygens (including phenoxy) is 1. The van der Waals surface area contributed by atoms with E-state index in [1.54, 1.807) is 13.3 Å². The highest BCUT2D eigenvalue weighted by Crippen LogP contribution is 2.13. The molecule has 0 aromatic carbocycles. The van der Waals surface area contributed by atoms with Crippen molar-refractivity contribution in [1.29, 1.82) is 0 Å². The van der Waals surface area contributed by atoms with Gasteiger partial charge in [-0.25, -0.2) is 4.98 Å². The van der Waals surface area contributed by atoms with Crippen LogP contribution in [0, 0.1) is 6.92 Å². The molecule has 1 atom stereocenters. The quantitative estimate of drug-likeness (QED) is 0.762. The predicted molar refractivity (Wildman–Crippen MR) is 58.3 cm³/mol. The Kier molecular flexibility index (Phi) is 3.71. The van der Waals surface area contributed by atoms with Crippen molar-refractivity contribution in [3.63, 3.8) is 0 Å². The number of rotatable bonds is 4. The van der Waals surface area contributed by atoms with Crippen LogP contribution in [0.15, 0.2) is 12.3 Å². The van der Waals surface area contributed by atoms with Gasteiger partial charge in [0.1, 0.15) is 5.82 Å². The third-order valence-electron chi connectivity index (χ3n) is 2.12. The molecule has 1 rings (SSSR count). The van der Waals surface area contributed by atoms with Crippen molar-refractivity contribution in [2.75, 3.05) is 24.7 Å². The Labute approximate surface area is 84.5 Å². The molecule has 1 heterocycles. The molecule has 0 fully saturated rings. The lowest BCUT2D eigenvalue weighted by molar-refractivity contribution is 0.128. The first-order chi connectivity index (χ1) is 6.63. The summed E-state index contributed by atoms with van der Waals surface area (Å²) in [4.78, 5) is 4.20. The topological polar surface area (TPSA) is 60.2 Å². The van der Waals surface area contributed by atoms with Gasteiger partial charge in [0, 0.05) is 31.6 Å². The summed E-state index contributed by atoms with van der Waals surface area (Å²) in [6, 6.07) is 1.83. The normalized spacial score (nSPS) is 12.5. The Bertz CT molecular complexity index is 301. The number of methoxy groups -OCH3 is 1. The molecule has 1 aromatic rings. The van der Waals surface area contributed by atoms with Crippen molar-refractivity contribution in [1.82, 2.24) is 4.98 Å². The number of hydrogen-bond acceptors (Lipinski definition) is 4. The highest BCUT2D eigenvalue weighted by atomic mass is 16.5. The Hall–Kier alpha value is -1.29. The van der Waals surface area contributed by atoms with E-state index in [9.17, 15) is 0 Å². The summed E-state index contributed by atoms with van der Waals surface area (Å²) in [5, 5.41) is 3.15. The van der Waals surface area contributed by atoms with Gasteiger partial charge in [0.2, 0.25) is 0 Å². The van der Waals surface area contributed by atoms with E-state index in [2.05, 4.69) is 10.3 Å². The maximum Gasteiger partial charge on any atom is 0.128 e. The van der Waals surface area contributed by atoms with Gasteiger partial charge >= 0.3 is 0 Å². The Balaban J connectivity index is 2.55. The fraction of sp³-hybridized carbons (Fsp3) is 0.500. The van der Waals surface area contributed by atoms with Gasteiger partial charge in [0.05, 0.1) is 6.10 Å². The summed E-state index contributed by atoms with van der Waals surface area (Å²) in [7, 11) is 1.68. The second kappa shape index (κ2) is 4.81. The van der Waals surface area contributed by atoms with Gasteiger partial charge in [0.25, 0.3) is 0 Å². The SMILES string of the molecule is COC(C)CNc1cc(N)c(C)cn1. The predicted octanol–water partition coefficient (Wildman–Crippen LogP) is 1.42. The molecule has 0 aliphatic heterocycles. The molecule has 0 aliphatic carbocycles. The van der Waals surface area contributed by atoms with Crippen molar-refractivity contribution in [2.24, 2.45) is 0 Å².